The maximum Gasteiger partial charge on any atom is 0.493 e. The molecule has 0 saturated heterocycles. The number of nitrogens with zero attached hydrogens (tertiary/aromatic N) is 4. The molecule has 2 aromatic heterocycles. The maximum absolute atomic E-state index is 13.1. The van der Waals surface area contributed by atoms with Gasteiger partial charge in [-0.25, -0.2) is 14.6 Å². The summed E-state index contributed by atoms with van der Waals surface area (Å²) in [4.78, 5) is 32.3. The van der Waals surface area contributed by atoms with Crippen LogP contribution in [-0.4, -0.2) is 36.7 Å². The minimum Gasteiger partial charge on any atom is -0.504 e. The van der Waals surface area contributed by atoms with Gasteiger partial charge in [-0.15, -0.1) is 5.10 Å². The number of pyridine rings is 1. The Morgan fingerprint density at radius 3 is 2.36 bits per heavy atom. The van der Waals surface area contributed by atoms with E-state index in [2.05, 4.69) is 25.6 Å². The summed E-state index contributed by atoms with van der Waals surface area (Å²) in [6.45, 7) is 0.225. The van der Waals surface area contributed by atoms with E-state index in [1.165, 1.54) is 24.4 Å². The van der Waals surface area contributed by atoms with Gasteiger partial charge < -0.3 is 20.6 Å². The molecule has 0 aliphatic rings. The highest BCUT2D eigenvalue weighted by molar-refractivity contribution is 5.76. The van der Waals surface area contributed by atoms with Gasteiger partial charge in [-0.1, -0.05) is 22.9 Å². The van der Waals surface area contributed by atoms with Crippen LogP contribution in [-0.2, 0) is 17.5 Å². The zero-order valence-corrected chi connectivity index (χ0v) is 19.3. The molecule has 0 fully saturated rings. The van der Waals surface area contributed by atoms with E-state index in [1.54, 1.807) is 18.2 Å². The van der Waals surface area contributed by atoms with Crippen molar-refractivity contribution in [3.63, 3.8) is 0 Å². The number of alkyl halides is 6. The number of halogens is 6. The van der Waals surface area contributed by atoms with E-state index in [1.807, 2.05) is 0 Å². The number of aromatic nitrogens is 4. The molecule has 0 radical (unpaired) electrons. The number of rotatable bonds is 7. The molecule has 2 heterocycles. The number of benzene rings is 2. The lowest BCUT2D eigenvalue weighted by Crippen LogP contribution is -2.39. The summed E-state index contributed by atoms with van der Waals surface area (Å²) in [7, 11) is 0. The van der Waals surface area contributed by atoms with Crippen LogP contribution in [0.5, 0.6) is 5.75 Å². The summed E-state index contributed by atoms with van der Waals surface area (Å²) in [5, 5.41) is 18.9. The fraction of sp³-hybridized carbons (Fsp3) is 0.130. The molecular formula is C23H16F6N6O4. The highest BCUT2D eigenvalue weighted by Crippen LogP contribution is 2.30. The van der Waals surface area contributed by atoms with Crippen molar-refractivity contribution in [2.45, 2.75) is 18.9 Å². The molecule has 0 amide bonds. The van der Waals surface area contributed by atoms with E-state index >= 15 is 0 Å². The van der Waals surface area contributed by atoms with Crippen LogP contribution in [0.4, 0.5) is 43.8 Å². The smallest absolute Gasteiger partial charge is 0.493 e. The number of aromatic hydroxyl groups is 1. The molecule has 0 aliphatic heterocycles. The van der Waals surface area contributed by atoms with Crippen LogP contribution in [0.25, 0.3) is 5.69 Å². The molecule has 4 aromatic rings. The van der Waals surface area contributed by atoms with Gasteiger partial charge >= 0.3 is 24.0 Å². The highest BCUT2D eigenvalue weighted by atomic mass is 19.4. The number of hydrogen-bond donors (Lipinski definition) is 3. The Hall–Kier alpha value is -5.02. The van der Waals surface area contributed by atoms with Gasteiger partial charge in [-0.3, -0.25) is 0 Å². The van der Waals surface area contributed by atoms with Crippen molar-refractivity contribution >= 4 is 23.4 Å². The second-order valence-electron chi connectivity index (χ2n) is 7.78. The molecule has 39 heavy (non-hydrogen) atoms. The lowest BCUT2D eigenvalue weighted by molar-refractivity contribution is -0.200. The fourth-order valence-electron chi connectivity index (χ4n) is 3.18. The molecule has 0 spiro atoms. The van der Waals surface area contributed by atoms with Crippen molar-refractivity contribution in [3.8, 4) is 11.4 Å². The minimum atomic E-state index is -5.48. The monoisotopic (exact) mass is 554 g/mol. The molecule has 10 nitrogen and oxygen atoms in total. The van der Waals surface area contributed by atoms with Gasteiger partial charge in [-0.05, 0) is 48.0 Å². The molecule has 0 saturated carbocycles. The minimum absolute atomic E-state index is 0.0708. The standard InChI is InChI=1S/C23H16F6N6O4/c24-22(25,26)14-3-1-4-16(11-14)34-21(38)35(39-19(37)23(27,28)29)20(33-34)32-15-8-6-13(7-9-15)12-31-18-17(36)5-2-10-30-18/h1-11,36H,12H2,(H,30,31)(H,32,33). The van der Waals surface area contributed by atoms with E-state index in [0.717, 1.165) is 18.2 Å². The third-order valence-corrected chi connectivity index (χ3v) is 5.02. The molecule has 0 aliphatic carbocycles. The topological polar surface area (TPSA) is 123 Å². The van der Waals surface area contributed by atoms with Crippen LogP contribution in [0, 0.1) is 0 Å². The summed E-state index contributed by atoms with van der Waals surface area (Å²) in [5.41, 5.74) is -2.22. The predicted octanol–water partition coefficient (Wildman–Crippen LogP) is 4.03. The predicted molar refractivity (Wildman–Crippen MR) is 123 cm³/mol. The summed E-state index contributed by atoms with van der Waals surface area (Å²) in [6.07, 6.45) is -8.79. The third-order valence-electron chi connectivity index (χ3n) is 5.02. The van der Waals surface area contributed by atoms with Crippen LogP contribution in [0.2, 0.25) is 0 Å². The Morgan fingerprint density at radius 2 is 1.72 bits per heavy atom. The van der Waals surface area contributed by atoms with Crippen molar-refractivity contribution in [2.24, 2.45) is 0 Å². The van der Waals surface area contributed by atoms with Crippen molar-refractivity contribution < 1.29 is 41.1 Å². The van der Waals surface area contributed by atoms with Crippen LogP contribution in [0.1, 0.15) is 11.1 Å². The number of carbonyl (C=O) groups excluding carboxylic acids is 1. The van der Waals surface area contributed by atoms with Crippen LogP contribution < -0.4 is 21.2 Å². The molecule has 16 heteroatoms. The SMILES string of the molecule is O=C(On1c(Nc2ccc(CNc3ncccc3O)cc2)nn(-c2cccc(C(F)(F)F)c2)c1=O)C(F)(F)F. The zero-order chi connectivity index (χ0) is 28.4. The Labute approximate surface area is 214 Å². The normalized spacial score (nSPS) is 11.7. The first-order valence-electron chi connectivity index (χ1n) is 10.8. The third kappa shape index (κ3) is 6.28. The van der Waals surface area contributed by atoms with Crippen LogP contribution in [0.3, 0.4) is 0 Å². The number of nitrogens with one attached hydrogen (secondary N) is 2. The van der Waals surface area contributed by atoms with Crippen molar-refractivity contribution in [1.82, 2.24) is 19.5 Å². The Balaban J connectivity index is 1.63. The highest BCUT2D eigenvalue weighted by Gasteiger charge is 2.43. The number of hydrogen-bond acceptors (Lipinski definition) is 8. The molecule has 0 atom stereocenters. The van der Waals surface area contributed by atoms with E-state index in [-0.39, 0.29) is 28.5 Å². The summed E-state index contributed by atoms with van der Waals surface area (Å²) in [5.74, 6) is -3.32. The van der Waals surface area contributed by atoms with Gasteiger partial charge in [0.1, 0.15) is 0 Å². The second kappa shape index (κ2) is 10.4. The average Bonchev–Trinajstić information content (AvgIpc) is 3.18. The van der Waals surface area contributed by atoms with E-state index in [9.17, 15) is 41.0 Å². The molecule has 0 bridgehead atoms. The number of carbonyl (C=O) groups is 1. The van der Waals surface area contributed by atoms with Crippen molar-refractivity contribution in [2.75, 3.05) is 10.6 Å². The first-order chi connectivity index (χ1) is 18.3. The first-order valence-corrected chi connectivity index (χ1v) is 10.8. The molecular weight excluding hydrogens is 538 g/mol. The average molecular weight is 554 g/mol. The largest absolute Gasteiger partial charge is 0.504 e. The Bertz CT molecular complexity index is 1550. The summed E-state index contributed by atoms with van der Waals surface area (Å²) >= 11 is 0. The Morgan fingerprint density at radius 1 is 1.00 bits per heavy atom. The second-order valence-corrected chi connectivity index (χ2v) is 7.78. The van der Waals surface area contributed by atoms with Gasteiger partial charge in [0.25, 0.3) is 5.95 Å². The first kappa shape index (κ1) is 27.0. The van der Waals surface area contributed by atoms with E-state index in [4.69, 9.17) is 0 Å². The molecule has 2 aromatic carbocycles. The summed E-state index contributed by atoms with van der Waals surface area (Å²) in [6, 6.07) is 12.3. The molecule has 4 rings (SSSR count). The number of anilines is 3. The maximum atomic E-state index is 13.1. The van der Waals surface area contributed by atoms with Gasteiger partial charge in [0.05, 0.1) is 11.3 Å². The van der Waals surface area contributed by atoms with Crippen molar-refractivity contribution in [3.05, 3.63) is 88.5 Å². The van der Waals surface area contributed by atoms with Gasteiger partial charge in [0.15, 0.2) is 11.6 Å². The lowest BCUT2D eigenvalue weighted by Gasteiger charge is -2.10. The van der Waals surface area contributed by atoms with E-state index < -0.39 is 41.2 Å². The van der Waals surface area contributed by atoms with Crippen LogP contribution in [0.15, 0.2) is 71.7 Å². The van der Waals surface area contributed by atoms with E-state index in [0.29, 0.717) is 16.3 Å². The van der Waals surface area contributed by atoms with Crippen LogP contribution >= 0.6 is 0 Å². The molecule has 204 valence electrons. The van der Waals surface area contributed by atoms with Gasteiger partial charge in [0.2, 0.25) is 0 Å². The summed E-state index contributed by atoms with van der Waals surface area (Å²) < 4.78 is 78.0. The fourth-order valence-corrected chi connectivity index (χ4v) is 3.18. The molecule has 0 unspecified atom stereocenters. The lowest BCUT2D eigenvalue weighted by atomic mass is 10.2. The van der Waals surface area contributed by atoms with Gasteiger partial charge in [0, 0.05) is 18.4 Å². The molecule has 3 N–H and O–H groups in total. The zero-order valence-electron chi connectivity index (χ0n) is 19.3. The quantitative estimate of drug-likeness (QED) is 0.293. The van der Waals surface area contributed by atoms with Gasteiger partial charge in [-0.2, -0.15) is 31.0 Å². The Kier molecular flexibility index (Phi) is 7.20. The van der Waals surface area contributed by atoms with Crippen molar-refractivity contribution in [1.29, 1.82) is 0 Å².